The van der Waals surface area contributed by atoms with Crippen molar-refractivity contribution in [2.75, 3.05) is 7.11 Å². The largest absolute Gasteiger partial charge is 0.619 e. The fourth-order valence-corrected chi connectivity index (χ4v) is 1.51. The molecule has 1 amide bonds. The van der Waals surface area contributed by atoms with Gasteiger partial charge in [-0.3, -0.25) is 4.79 Å². The minimum absolute atomic E-state index is 0.245. The van der Waals surface area contributed by atoms with E-state index in [1.165, 1.54) is 30.7 Å². The molecule has 0 unspecified atom stereocenters. The average molecular weight is 271 g/mol. The van der Waals surface area contributed by atoms with E-state index in [1.54, 1.807) is 19.2 Å². The van der Waals surface area contributed by atoms with Crippen LogP contribution in [0.15, 0.2) is 53.9 Å². The van der Waals surface area contributed by atoms with Gasteiger partial charge in [-0.05, 0) is 35.9 Å². The Bertz CT molecular complexity index is 624. The fraction of sp³-hybridized carbons (Fsp3) is 0.0714. The van der Waals surface area contributed by atoms with Crippen molar-refractivity contribution in [3.05, 3.63) is 65.1 Å². The van der Waals surface area contributed by atoms with Crippen LogP contribution in [0.3, 0.4) is 0 Å². The second kappa shape index (κ2) is 6.33. The summed E-state index contributed by atoms with van der Waals surface area (Å²) in [7, 11) is 1.59. The maximum Gasteiger partial charge on any atom is 0.277 e. The van der Waals surface area contributed by atoms with E-state index in [1.807, 2.05) is 12.1 Å². The molecule has 2 rings (SSSR count). The number of carbonyl (C=O) groups is 1. The predicted molar refractivity (Wildman–Crippen MR) is 73.5 cm³/mol. The van der Waals surface area contributed by atoms with Gasteiger partial charge in [-0.2, -0.15) is 9.83 Å². The first kappa shape index (κ1) is 13.5. The zero-order valence-corrected chi connectivity index (χ0v) is 10.8. The highest BCUT2D eigenvalue weighted by atomic mass is 16.5. The lowest BCUT2D eigenvalue weighted by Crippen LogP contribution is -2.28. The van der Waals surface area contributed by atoms with Crippen molar-refractivity contribution in [1.82, 2.24) is 5.43 Å². The van der Waals surface area contributed by atoms with Gasteiger partial charge in [-0.15, -0.1) is 0 Å². The molecule has 20 heavy (non-hydrogen) atoms. The smallest absolute Gasteiger partial charge is 0.277 e. The maximum atomic E-state index is 11.7. The Balaban J connectivity index is 1.97. The van der Waals surface area contributed by atoms with Crippen molar-refractivity contribution in [3.63, 3.8) is 0 Å². The molecule has 0 fully saturated rings. The number of rotatable bonds is 4. The molecule has 6 heteroatoms. The number of aromatic nitrogens is 1. The number of nitrogens with zero attached hydrogens (tertiary/aromatic N) is 2. The van der Waals surface area contributed by atoms with Gasteiger partial charge in [0, 0.05) is 6.07 Å². The molecular formula is C14H13N3O3. The summed E-state index contributed by atoms with van der Waals surface area (Å²) in [5.41, 5.74) is 3.41. The van der Waals surface area contributed by atoms with Crippen LogP contribution in [-0.4, -0.2) is 19.2 Å². The van der Waals surface area contributed by atoms with Crippen molar-refractivity contribution in [3.8, 4) is 5.75 Å². The highest BCUT2D eigenvalue weighted by Crippen LogP contribution is 2.09. The van der Waals surface area contributed by atoms with Crippen LogP contribution in [0, 0.1) is 5.21 Å². The van der Waals surface area contributed by atoms with Gasteiger partial charge in [-0.25, -0.2) is 5.43 Å². The first-order chi connectivity index (χ1) is 9.69. The molecule has 102 valence electrons. The number of benzene rings is 1. The predicted octanol–water partition coefficient (Wildman–Crippen LogP) is 1.09. The standard InChI is InChI=1S/C14H13N3O3/c1-20-13-6-4-11(5-7-13)9-15-16-14(18)12-3-2-8-17(19)10-12/h2-10H,1H3,(H,16,18)/b15-9-. The molecule has 0 atom stereocenters. The topological polar surface area (TPSA) is 77.6 Å². The highest BCUT2D eigenvalue weighted by Gasteiger charge is 2.06. The third-order valence-electron chi connectivity index (χ3n) is 2.53. The summed E-state index contributed by atoms with van der Waals surface area (Å²) < 4.78 is 5.59. The summed E-state index contributed by atoms with van der Waals surface area (Å²) in [6.45, 7) is 0. The lowest BCUT2D eigenvalue weighted by molar-refractivity contribution is -0.605. The zero-order valence-electron chi connectivity index (χ0n) is 10.8. The van der Waals surface area contributed by atoms with Gasteiger partial charge < -0.3 is 9.94 Å². The van der Waals surface area contributed by atoms with E-state index in [0.717, 1.165) is 11.3 Å². The Morgan fingerprint density at radius 1 is 1.35 bits per heavy atom. The minimum Gasteiger partial charge on any atom is -0.619 e. The van der Waals surface area contributed by atoms with Gasteiger partial charge in [0.2, 0.25) is 0 Å². The molecule has 6 nitrogen and oxygen atoms in total. The number of nitrogens with one attached hydrogen (secondary N) is 1. The molecule has 0 saturated carbocycles. The van der Waals surface area contributed by atoms with E-state index in [4.69, 9.17) is 4.74 Å². The summed E-state index contributed by atoms with van der Waals surface area (Å²) in [5.74, 6) is 0.301. The fourth-order valence-electron chi connectivity index (χ4n) is 1.51. The average Bonchev–Trinajstić information content (AvgIpc) is 2.48. The van der Waals surface area contributed by atoms with E-state index in [0.29, 0.717) is 4.73 Å². The number of hydrogen-bond donors (Lipinski definition) is 1. The third kappa shape index (κ3) is 3.55. The molecule has 0 aliphatic carbocycles. The van der Waals surface area contributed by atoms with E-state index in [-0.39, 0.29) is 5.56 Å². The van der Waals surface area contributed by atoms with Crippen LogP contribution in [0.1, 0.15) is 15.9 Å². The number of ether oxygens (including phenoxy) is 1. The summed E-state index contributed by atoms with van der Waals surface area (Å²) in [6.07, 6.45) is 3.99. The van der Waals surface area contributed by atoms with Crippen molar-refractivity contribution in [2.24, 2.45) is 5.10 Å². The number of hydrazone groups is 1. The lowest BCUT2D eigenvalue weighted by Gasteiger charge is -2.00. The second-order valence-electron chi connectivity index (χ2n) is 3.92. The summed E-state index contributed by atoms with van der Waals surface area (Å²) >= 11 is 0. The molecule has 0 spiro atoms. The Morgan fingerprint density at radius 2 is 2.10 bits per heavy atom. The Labute approximate surface area is 115 Å². The molecule has 0 aliphatic heterocycles. The first-order valence-electron chi connectivity index (χ1n) is 5.85. The van der Waals surface area contributed by atoms with Crippen molar-refractivity contribution in [1.29, 1.82) is 0 Å². The number of pyridine rings is 1. The molecule has 0 bridgehead atoms. The van der Waals surface area contributed by atoms with Crippen LogP contribution >= 0.6 is 0 Å². The number of hydrogen-bond acceptors (Lipinski definition) is 4. The van der Waals surface area contributed by atoms with Crippen LogP contribution in [0.5, 0.6) is 5.75 Å². The molecule has 1 aromatic carbocycles. The third-order valence-corrected chi connectivity index (χ3v) is 2.53. The molecule has 1 heterocycles. The van der Waals surface area contributed by atoms with Crippen LogP contribution in [-0.2, 0) is 0 Å². The normalized spacial score (nSPS) is 10.4. The van der Waals surface area contributed by atoms with Gasteiger partial charge >= 0.3 is 0 Å². The molecule has 0 aliphatic rings. The van der Waals surface area contributed by atoms with E-state index in [9.17, 15) is 10.0 Å². The van der Waals surface area contributed by atoms with E-state index in [2.05, 4.69) is 10.5 Å². The van der Waals surface area contributed by atoms with Crippen LogP contribution in [0.4, 0.5) is 0 Å². The number of methoxy groups -OCH3 is 1. The SMILES string of the molecule is COc1ccc(/C=N\NC(=O)c2ccc[n+]([O-])c2)cc1. The maximum absolute atomic E-state index is 11.7. The van der Waals surface area contributed by atoms with Crippen LogP contribution in [0.25, 0.3) is 0 Å². The van der Waals surface area contributed by atoms with Crippen molar-refractivity contribution >= 4 is 12.1 Å². The lowest BCUT2D eigenvalue weighted by atomic mass is 10.2. The van der Waals surface area contributed by atoms with Crippen LogP contribution < -0.4 is 14.9 Å². The Kier molecular flexibility index (Phi) is 4.28. The first-order valence-corrected chi connectivity index (χ1v) is 5.85. The summed E-state index contributed by atoms with van der Waals surface area (Å²) in [6, 6.07) is 10.2. The molecular weight excluding hydrogens is 258 g/mol. The molecule has 0 saturated heterocycles. The zero-order chi connectivity index (χ0) is 14.4. The molecule has 2 aromatic rings. The molecule has 1 N–H and O–H groups in total. The van der Waals surface area contributed by atoms with Crippen molar-refractivity contribution < 1.29 is 14.3 Å². The summed E-state index contributed by atoms with van der Waals surface area (Å²) in [4.78, 5) is 11.7. The molecule has 0 radical (unpaired) electrons. The molecule has 1 aromatic heterocycles. The van der Waals surface area contributed by atoms with Crippen molar-refractivity contribution in [2.45, 2.75) is 0 Å². The van der Waals surface area contributed by atoms with Gasteiger partial charge in [-0.1, -0.05) is 0 Å². The Morgan fingerprint density at radius 3 is 2.75 bits per heavy atom. The van der Waals surface area contributed by atoms with Gasteiger partial charge in [0.25, 0.3) is 5.91 Å². The van der Waals surface area contributed by atoms with Gasteiger partial charge in [0.1, 0.15) is 11.3 Å². The second-order valence-corrected chi connectivity index (χ2v) is 3.92. The quantitative estimate of drug-likeness (QED) is 0.391. The Hall–Kier alpha value is -2.89. The number of amides is 1. The highest BCUT2D eigenvalue weighted by molar-refractivity contribution is 5.94. The monoisotopic (exact) mass is 271 g/mol. The minimum atomic E-state index is -0.444. The van der Waals surface area contributed by atoms with E-state index >= 15 is 0 Å². The van der Waals surface area contributed by atoms with Gasteiger partial charge in [0.05, 0.1) is 13.3 Å². The van der Waals surface area contributed by atoms with Crippen LogP contribution in [0.2, 0.25) is 0 Å². The number of carbonyl (C=O) groups excluding carboxylic acids is 1. The van der Waals surface area contributed by atoms with Gasteiger partial charge in [0.15, 0.2) is 12.4 Å². The van der Waals surface area contributed by atoms with E-state index < -0.39 is 5.91 Å². The summed E-state index contributed by atoms with van der Waals surface area (Å²) in [5, 5.41) is 14.9.